The number of benzene rings is 11. The van der Waals surface area contributed by atoms with Crippen molar-refractivity contribution in [1.82, 2.24) is 0 Å². The Bertz CT molecular complexity index is 3740. The highest BCUT2D eigenvalue weighted by molar-refractivity contribution is 6.24. The molecule has 280 valence electrons. The summed E-state index contributed by atoms with van der Waals surface area (Å²) in [5.74, 6) is 0. The first-order valence-corrected chi connectivity index (χ1v) is 21.0. The summed E-state index contributed by atoms with van der Waals surface area (Å²) in [6.07, 6.45) is 0. The van der Waals surface area contributed by atoms with Gasteiger partial charge in [-0.25, -0.2) is 0 Å². The van der Waals surface area contributed by atoms with Gasteiger partial charge in [0.15, 0.2) is 0 Å². The van der Waals surface area contributed by atoms with Gasteiger partial charge in [0.25, 0.3) is 0 Å². The van der Waals surface area contributed by atoms with Crippen LogP contribution in [-0.2, 0) is 5.41 Å². The smallest absolute Gasteiger partial charge is 0.135 e. The molecule has 0 unspecified atom stereocenters. The maximum Gasteiger partial charge on any atom is 0.135 e. The molecule has 0 spiro atoms. The van der Waals surface area contributed by atoms with Crippen LogP contribution in [0.5, 0.6) is 0 Å². The van der Waals surface area contributed by atoms with Gasteiger partial charge in [0.05, 0.1) is 0 Å². The first-order valence-electron chi connectivity index (χ1n) is 21.0. The molecule has 0 saturated heterocycles. The summed E-state index contributed by atoms with van der Waals surface area (Å²) < 4.78 is 6.59. The minimum Gasteiger partial charge on any atom is -0.456 e. The van der Waals surface area contributed by atoms with Crippen LogP contribution in [0.1, 0.15) is 25.0 Å². The van der Waals surface area contributed by atoms with E-state index >= 15 is 0 Å². The van der Waals surface area contributed by atoms with Crippen LogP contribution >= 0.6 is 0 Å². The van der Waals surface area contributed by atoms with Crippen molar-refractivity contribution in [1.29, 1.82) is 0 Å². The van der Waals surface area contributed by atoms with Crippen molar-refractivity contribution in [2.24, 2.45) is 0 Å². The third-order valence-corrected chi connectivity index (χ3v) is 13.6. The van der Waals surface area contributed by atoms with Crippen LogP contribution in [0.3, 0.4) is 0 Å². The molecule has 0 bridgehead atoms. The number of fused-ring (bicyclic) bond motifs is 12. The molecule has 0 aliphatic heterocycles. The standard InChI is InChI=1S/C59H38O/c1-59(2)53-34-55-52(33-50(53)49-28-26-36-13-4-6-16-43(36)58(49)59)51-32-40(27-29-54(51)60-55)38-22-23-39-31-41(25-24-37(39)30-38)56-45-17-7-9-19-47(45)57(48-20-10-8-18-46(48)56)44-21-11-14-35-12-3-5-15-42(35)44/h3-34H,1-2H3. The Labute approximate surface area is 347 Å². The summed E-state index contributed by atoms with van der Waals surface area (Å²) in [6, 6.07) is 71.9. The molecule has 0 saturated carbocycles. The molecule has 1 heterocycles. The Morgan fingerprint density at radius 3 is 1.58 bits per heavy atom. The average molecular weight is 763 g/mol. The van der Waals surface area contributed by atoms with Gasteiger partial charge in [0, 0.05) is 16.2 Å². The Morgan fingerprint density at radius 1 is 0.317 bits per heavy atom. The van der Waals surface area contributed by atoms with Crippen LogP contribution in [0.2, 0.25) is 0 Å². The molecule has 0 amide bonds. The van der Waals surface area contributed by atoms with Gasteiger partial charge in [-0.3, -0.25) is 0 Å². The first kappa shape index (κ1) is 33.5. The molecule has 0 fully saturated rings. The van der Waals surface area contributed by atoms with Gasteiger partial charge in [-0.2, -0.15) is 0 Å². The minimum atomic E-state index is -0.129. The lowest BCUT2D eigenvalue weighted by atomic mass is 9.80. The minimum absolute atomic E-state index is 0.129. The number of furan rings is 1. The molecule has 0 radical (unpaired) electrons. The Kier molecular flexibility index (Phi) is 6.85. The molecule has 1 nitrogen and oxygen atoms in total. The van der Waals surface area contributed by atoms with Gasteiger partial charge >= 0.3 is 0 Å². The predicted octanol–water partition coefficient (Wildman–Crippen LogP) is 16.7. The van der Waals surface area contributed by atoms with Gasteiger partial charge in [-0.15, -0.1) is 0 Å². The van der Waals surface area contributed by atoms with Crippen LogP contribution in [0.25, 0.3) is 120 Å². The lowest BCUT2D eigenvalue weighted by molar-refractivity contribution is 0.650. The highest BCUT2D eigenvalue weighted by Crippen LogP contribution is 2.53. The van der Waals surface area contributed by atoms with E-state index in [9.17, 15) is 0 Å². The van der Waals surface area contributed by atoms with Crippen LogP contribution < -0.4 is 0 Å². The largest absolute Gasteiger partial charge is 0.456 e. The van der Waals surface area contributed by atoms with Gasteiger partial charge in [0.2, 0.25) is 0 Å². The second-order valence-electron chi connectivity index (χ2n) is 17.2. The fraction of sp³-hybridized carbons (Fsp3) is 0.0508. The Morgan fingerprint density at radius 2 is 0.850 bits per heavy atom. The van der Waals surface area contributed by atoms with Crippen LogP contribution in [0.4, 0.5) is 0 Å². The lowest BCUT2D eigenvalue weighted by Crippen LogP contribution is -2.15. The molecule has 1 aromatic heterocycles. The maximum absolute atomic E-state index is 6.59. The van der Waals surface area contributed by atoms with Crippen molar-refractivity contribution in [3.05, 3.63) is 205 Å². The molecule has 1 aliphatic rings. The zero-order valence-corrected chi connectivity index (χ0v) is 33.4. The SMILES string of the molecule is CC1(C)c2cc3oc4ccc(-c5ccc6cc(-c7c8ccccc8c(-c8cccc9ccccc89)c8ccccc78)ccc6c5)cc4c3cc2-c2ccc3ccccc3c21. The van der Waals surface area contributed by atoms with Gasteiger partial charge in [-0.1, -0.05) is 172 Å². The van der Waals surface area contributed by atoms with Crippen molar-refractivity contribution in [2.75, 3.05) is 0 Å². The highest BCUT2D eigenvalue weighted by Gasteiger charge is 2.37. The quantitative estimate of drug-likeness (QED) is 0.163. The lowest BCUT2D eigenvalue weighted by Gasteiger charge is -2.23. The van der Waals surface area contributed by atoms with E-state index in [1.807, 2.05) is 0 Å². The second-order valence-corrected chi connectivity index (χ2v) is 17.2. The normalized spacial score (nSPS) is 13.3. The van der Waals surface area contributed by atoms with E-state index in [0.29, 0.717) is 0 Å². The van der Waals surface area contributed by atoms with Crippen molar-refractivity contribution < 1.29 is 4.42 Å². The zero-order chi connectivity index (χ0) is 39.7. The van der Waals surface area contributed by atoms with Crippen LogP contribution in [0, 0.1) is 0 Å². The number of rotatable bonds is 3. The fourth-order valence-corrected chi connectivity index (χ4v) is 10.8. The third kappa shape index (κ3) is 4.69. The highest BCUT2D eigenvalue weighted by atomic mass is 16.3. The summed E-state index contributed by atoms with van der Waals surface area (Å²) >= 11 is 0. The second kappa shape index (κ2) is 12.3. The number of hydrogen-bond acceptors (Lipinski definition) is 1. The molecule has 1 aliphatic carbocycles. The van der Waals surface area contributed by atoms with E-state index in [2.05, 4.69) is 208 Å². The molecule has 13 rings (SSSR count). The van der Waals surface area contributed by atoms with E-state index in [1.165, 1.54) is 115 Å². The van der Waals surface area contributed by atoms with E-state index in [0.717, 1.165) is 16.6 Å². The van der Waals surface area contributed by atoms with Crippen LogP contribution in [-0.4, -0.2) is 0 Å². The first-order chi connectivity index (χ1) is 29.5. The Hall–Kier alpha value is -7.48. The third-order valence-electron chi connectivity index (χ3n) is 13.6. The molecule has 1 heteroatoms. The summed E-state index contributed by atoms with van der Waals surface area (Å²) in [7, 11) is 0. The van der Waals surface area contributed by atoms with E-state index in [-0.39, 0.29) is 5.41 Å². The summed E-state index contributed by atoms with van der Waals surface area (Å²) in [5, 5.41) is 15.0. The van der Waals surface area contributed by atoms with Crippen molar-refractivity contribution in [3.63, 3.8) is 0 Å². The monoisotopic (exact) mass is 762 g/mol. The van der Waals surface area contributed by atoms with Crippen molar-refractivity contribution in [3.8, 4) is 44.5 Å². The van der Waals surface area contributed by atoms with Crippen LogP contribution in [0.15, 0.2) is 199 Å². The number of hydrogen-bond donors (Lipinski definition) is 0. The Balaban J connectivity index is 0.929. The molecule has 60 heavy (non-hydrogen) atoms. The topological polar surface area (TPSA) is 13.1 Å². The fourth-order valence-electron chi connectivity index (χ4n) is 10.8. The summed E-state index contributed by atoms with van der Waals surface area (Å²) in [6.45, 7) is 4.71. The van der Waals surface area contributed by atoms with Gasteiger partial charge in [0.1, 0.15) is 11.2 Å². The van der Waals surface area contributed by atoms with E-state index in [4.69, 9.17) is 4.42 Å². The molecule has 0 N–H and O–H groups in total. The molecule has 11 aromatic carbocycles. The van der Waals surface area contributed by atoms with E-state index < -0.39 is 0 Å². The molecular weight excluding hydrogens is 725 g/mol. The van der Waals surface area contributed by atoms with Gasteiger partial charge in [-0.05, 0) is 146 Å². The predicted molar refractivity (Wildman–Crippen MR) is 255 cm³/mol. The molecule has 12 aromatic rings. The summed E-state index contributed by atoms with van der Waals surface area (Å²) in [5.41, 5.74) is 14.6. The molecule has 0 atom stereocenters. The zero-order valence-electron chi connectivity index (χ0n) is 33.4. The van der Waals surface area contributed by atoms with Crippen molar-refractivity contribution in [2.45, 2.75) is 19.3 Å². The average Bonchev–Trinajstić information content (AvgIpc) is 3.77. The maximum atomic E-state index is 6.59. The van der Waals surface area contributed by atoms with E-state index in [1.54, 1.807) is 0 Å². The van der Waals surface area contributed by atoms with Crippen molar-refractivity contribution >= 4 is 75.8 Å². The molecular formula is C59H38O. The van der Waals surface area contributed by atoms with Gasteiger partial charge < -0.3 is 4.42 Å². The summed E-state index contributed by atoms with van der Waals surface area (Å²) in [4.78, 5) is 0.